The summed E-state index contributed by atoms with van der Waals surface area (Å²) in [4.78, 5) is 10.7. The van der Waals surface area contributed by atoms with Crippen molar-refractivity contribution in [3.8, 4) is 11.3 Å². The van der Waals surface area contributed by atoms with Gasteiger partial charge >= 0.3 is 12.1 Å². The van der Waals surface area contributed by atoms with Gasteiger partial charge in [0.25, 0.3) is 0 Å². The monoisotopic (exact) mass is 274 g/mol. The minimum atomic E-state index is -4.58. The van der Waals surface area contributed by atoms with E-state index in [4.69, 9.17) is 5.11 Å². The average Bonchev–Trinajstić information content (AvgIpc) is 2.78. The standard InChI is InChI=1S/C11H6F4N2O2/c12-7-2-1-5(3-6(7)10(18)19)8-4-9(17-16-8)11(13,14)15/h1-4H,(H,16,17)(H,18,19). The third-order valence-electron chi connectivity index (χ3n) is 2.38. The topological polar surface area (TPSA) is 66.0 Å². The number of aromatic amines is 1. The van der Waals surface area contributed by atoms with E-state index in [9.17, 15) is 22.4 Å². The number of hydrogen-bond donors (Lipinski definition) is 2. The zero-order valence-electron chi connectivity index (χ0n) is 9.12. The van der Waals surface area contributed by atoms with Crippen molar-refractivity contribution in [3.05, 3.63) is 41.3 Å². The summed E-state index contributed by atoms with van der Waals surface area (Å²) in [7, 11) is 0. The Bertz CT molecular complexity index is 634. The number of nitrogens with zero attached hydrogens (tertiary/aromatic N) is 1. The molecule has 1 aromatic carbocycles. The Balaban J connectivity index is 2.45. The molecule has 0 spiro atoms. The minimum Gasteiger partial charge on any atom is -0.478 e. The van der Waals surface area contributed by atoms with Gasteiger partial charge in [-0.1, -0.05) is 0 Å². The largest absolute Gasteiger partial charge is 0.478 e. The van der Waals surface area contributed by atoms with Gasteiger partial charge in [0.2, 0.25) is 0 Å². The number of aromatic carboxylic acids is 1. The Hall–Kier alpha value is -2.38. The van der Waals surface area contributed by atoms with Crippen LogP contribution < -0.4 is 0 Å². The number of nitrogens with one attached hydrogen (secondary N) is 1. The number of carboxylic acids is 1. The van der Waals surface area contributed by atoms with Crippen LogP contribution in [-0.4, -0.2) is 21.3 Å². The van der Waals surface area contributed by atoms with Gasteiger partial charge in [-0.05, 0) is 24.3 Å². The fourth-order valence-corrected chi connectivity index (χ4v) is 1.46. The van der Waals surface area contributed by atoms with Crippen molar-refractivity contribution < 1.29 is 27.5 Å². The van der Waals surface area contributed by atoms with Crippen molar-refractivity contribution in [2.75, 3.05) is 0 Å². The summed E-state index contributed by atoms with van der Waals surface area (Å²) in [6.07, 6.45) is -4.58. The molecule has 4 nitrogen and oxygen atoms in total. The molecule has 0 aliphatic heterocycles. The maximum atomic E-state index is 13.1. The Kier molecular flexibility index (Phi) is 3.01. The lowest BCUT2D eigenvalue weighted by molar-refractivity contribution is -0.141. The van der Waals surface area contributed by atoms with E-state index in [1.165, 1.54) is 0 Å². The van der Waals surface area contributed by atoms with Gasteiger partial charge in [0, 0.05) is 5.56 Å². The molecule has 0 amide bonds. The van der Waals surface area contributed by atoms with E-state index >= 15 is 0 Å². The highest BCUT2D eigenvalue weighted by Gasteiger charge is 2.33. The number of hydrogen-bond acceptors (Lipinski definition) is 2. The second-order valence-corrected chi connectivity index (χ2v) is 3.66. The second kappa shape index (κ2) is 4.38. The lowest BCUT2D eigenvalue weighted by Gasteiger charge is -2.01. The highest BCUT2D eigenvalue weighted by atomic mass is 19.4. The van der Waals surface area contributed by atoms with Crippen molar-refractivity contribution in [1.82, 2.24) is 10.2 Å². The van der Waals surface area contributed by atoms with E-state index in [1.807, 2.05) is 0 Å². The number of halogens is 4. The summed E-state index contributed by atoms with van der Waals surface area (Å²) >= 11 is 0. The van der Waals surface area contributed by atoms with Crippen LogP contribution in [0.15, 0.2) is 24.3 Å². The summed E-state index contributed by atoms with van der Waals surface area (Å²) in [6, 6.07) is 3.66. The van der Waals surface area contributed by atoms with Gasteiger partial charge in [-0.3, -0.25) is 5.10 Å². The molecular weight excluding hydrogens is 268 g/mol. The van der Waals surface area contributed by atoms with Gasteiger partial charge in [-0.25, -0.2) is 9.18 Å². The second-order valence-electron chi connectivity index (χ2n) is 3.66. The number of alkyl halides is 3. The van der Waals surface area contributed by atoms with Crippen LogP contribution in [0.25, 0.3) is 11.3 Å². The van der Waals surface area contributed by atoms with E-state index in [-0.39, 0.29) is 11.3 Å². The number of rotatable bonds is 2. The van der Waals surface area contributed by atoms with Crippen LogP contribution in [0.3, 0.4) is 0 Å². The van der Waals surface area contributed by atoms with Crippen LogP contribution in [0, 0.1) is 5.82 Å². The lowest BCUT2D eigenvalue weighted by atomic mass is 10.1. The van der Waals surface area contributed by atoms with Crippen molar-refractivity contribution in [2.24, 2.45) is 0 Å². The molecule has 0 aliphatic carbocycles. The van der Waals surface area contributed by atoms with Crippen LogP contribution in [0.1, 0.15) is 16.1 Å². The van der Waals surface area contributed by atoms with Gasteiger partial charge in [0.1, 0.15) is 11.5 Å². The summed E-state index contributed by atoms with van der Waals surface area (Å²) in [6.45, 7) is 0. The molecule has 19 heavy (non-hydrogen) atoms. The Morgan fingerprint density at radius 1 is 1.26 bits per heavy atom. The van der Waals surface area contributed by atoms with Gasteiger partial charge in [-0.15, -0.1) is 0 Å². The third-order valence-corrected chi connectivity index (χ3v) is 2.38. The quantitative estimate of drug-likeness (QED) is 0.827. The third kappa shape index (κ3) is 2.56. The van der Waals surface area contributed by atoms with E-state index in [2.05, 4.69) is 5.10 Å². The van der Waals surface area contributed by atoms with E-state index < -0.39 is 29.2 Å². The van der Waals surface area contributed by atoms with Crippen molar-refractivity contribution in [3.63, 3.8) is 0 Å². The molecule has 1 heterocycles. The predicted molar refractivity (Wildman–Crippen MR) is 55.9 cm³/mol. The summed E-state index contributed by atoms with van der Waals surface area (Å²) < 4.78 is 50.2. The molecule has 2 aromatic rings. The van der Waals surface area contributed by atoms with E-state index in [0.717, 1.165) is 24.3 Å². The molecule has 0 fully saturated rings. The first-order chi connectivity index (χ1) is 8.79. The number of H-pyrrole nitrogens is 1. The average molecular weight is 274 g/mol. The van der Waals surface area contributed by atoms with E-state index in [1.54, 1.807) is 5.10 Å². The molecule has 2 rings (SSSR count). The predicted octanol–water partition coefficient (Wildman–Crippen LogP) is 2.93. The fourth-order valence-electron chi connectivity index (χ4n) is 1.46. The van der Waals surface area contributed by atoms with Crippen molar-refractivity contribution in [2.45, 2.75) is 6.18 Å². The first-order valence-electron chi connectivity index (χ1n) is 4.95. The first kappa shape index (κ1) is 13.1. The maximum absolute atomic E-state index is 13.1. The highest BCUT2D eigenvalue weighted by Crippen LogP contribution is 2.30. The molecule has 0 unspecified atom stereocenters. The summed E-state index contributed by atoms with van der Waals surface area (Å²) in [5.74, 6) is -2.48. The van der Waals surface area contributed by atoms with Crippen LogP contribution in [0.4, 0.5) is 17.6 Å². The van der Waals surface area contributed by atoms with Crippen molar-refractivity contribution >= 4 is 5.97 Å². The Labute approximate surface area is 103 Å². The van der Waals surface area contributed by atoms with Crippen LogP contribution in [-0.2, 0) is 6.18 Å². The normalized spacial score (nSPS) is 11.6. The van der Waals surface area contributed by atoms with Gasteiger partial charge in [0.15, 0.2) is 0 Å². The molecule has 1 aromatic heterocycles. The van der Waals surface area contributed by atoms with Gasteiger partial charge < -0.3 is 5.11 Å². The molecule has 0 saturated heterocycles. The summed E-state index contributed by atoms with van der Waals surface area (Å²) in [5.41, 5.74) is -1.74. The molecule has 0 bridgehead atoms. The number of aromatic nitrogens is 2. The maximum Gasteiger partial charge on any atom is 0.432 e. The zero-order valence-corrected chi connectivity index (χ0v) is 9.12. The van der Waals surface area contributed by atoms with E-state index in [0.29, 0.717) is 0 Å². The molecule has 0 saturated carbocycles. The zero-order chi connectivity index (χ0) is 14.2. The first-order valence-corrected chi connectivity index (χ1v) is 4.95. The SMILES string of the molecule is O=C(O)c1cc(-c2cc(C(F)(F)F)[nH]n2)ccc1F. The Morgan fingerprint density at radius 3 is 2.47 bits per heavy atom. The van der Waals surface area contributed by atoms with Crippen LogP contribution in [0.5, 0.6) is 0 Å². The number of carboxylic acid groups (broad SMARTS) is 1. The molecule has 0 aliphatic rings. The molecule has 0 atom stereocenters. The fraction of sp³-hybridized carbons (Fsp3) is 0.0909. The van der Waals surface area contributed by atoms with Crippen molar-refractivity contribution in [1.29, 1.82) is 0 Å². The minimum absolute atomic E-state index is 0.0746. The molecular formula is C11H6F4N2O2. The number of benzene rings is 1. The smallest absolute Gasteiger partial charge is 0.432 e. The van der Waals surface area contributed by atoms with Gasteiger partial charge in [-0.2, -0.15) is 18.3 Å². The summed E-state index contributed by atoms with van der Waals surface area (Å²) in [5, 5.41) is 13.9. The molecule has 2 N–H and O–H groups in total. The van der Waals surface area contributed by atoms with Crippen LogP contribution in [0.2, 0.25) is 0 Å². The lowest BCUT2D eigenvalue weighted by Crippen LogP contribution is -2.04. The Morgan fingerprint density at radius 2 is 1.95 bits per heavy atom. The molecule has 100 valence electrons. The molecule has 0 radical (unpaired) electrons. The van der Waals surface area contributed by atoms with Crippen LogP contribution >= 0.6 is 0 Å². The molecule has 8 heteroatoms. The highest BCUT2D eigenvalue weighted by molar-refractivity contribution is 5.89. The number of carbonyl (C=O) groups is 1. The van der Waals surface area contributed by atoms with Gasteiger partial charge in [0.05, 0.1) is 11.3 Å².